The number of carbonyl (C=O) groups excluding carboxylic acids is 2. The lowest BCUT2D eigenvalue weighted by Gasteiger charge is -2.34. The van der Waals surface area contributed by atoms with Crippen molar-refractivity contribution in [2.75, 3.05) is 19.6 Å². The summed E-state index contributed by atoms with van der Waals surface area (Å²) in [5, 5.41) is 0. The maximum Gasteiger partial charge on any atom is 0.289 e. The van der Waals surface area contributed by atoms with Gasteiger partial charge in [-0.15, -0.1) is 0 Å². The van der Waals surface area contributed by atoms with Crippen molar-refractivity contribution in [1.82, 2.24) is 9.80 Å². The zero-order valence-corrected chi connectivity index (χ0v) is 14.2. The third-order valence-corrected chi connectivity index (χ3v) is 4.99. The van der Waals surface area contributed by atoms with Crippen LogP contribution in [0.1, 0.15) is 49.2 Å². The molecule has 1 unspecified atom stereocenters. The lowest BCUT2D eigenvalue weighted by atomic mass is 10.0. The summed E-state index contributed by atoms with van der Waals surface area (Å²) in [6, 6.07) is 1.89. The summed E-state index contributed by atoms with van der Waals surface area (Å²) in [6.07, 6.45) is 4.40. The zero-order valence-electron chi connectivity index (χ0n) is 14.2. The quantitative estimate of drug-likeness (QED) is 0.857. The second kappa shape index (κ2) is 6.38. The summed E-state index contributed by atoms with van der Waals surface area (Å²) in [5.74, 6) is 1.47. The van der Waals surface area contributed by atoms with Crippen LogP contribution in [-0.4, -0.2) is 47.3 Å². The molecule has 2 fully saturated rings. The molecule has 1 aliphatic carbocycles. The standard InChI is InChI=1S/C18H26N2O3/c1-12(2)15-11-19(18(22)17-13(3)7-9-23-17)8-6-16(21)20(15)10-14-4-5-14/h7,9,12,14-15H,4-6,8,10-11H2,1-3H3. The smallest absolute Gasteiger partial charge is 0.289 e. The first-order valence-corrected chi connectivity index (χ1v) is 8.60. The molecular formula is C18H26N2O3. The summed E-state index contributed by atoms with van der Waals surface area (Å²) in [5.41, 5.74) is 0.849. The Morgan fingerprint density at radius 3 is 2.70 bits per heavy atom. The predicted molar refractivity (Wildman–Crippen MR) is 87.0 cm³/mol. The predicted octanol–water partition coefficient (Wildman–Crippen LogP) is 2.70. The third-order valence-electron chi connectivity index (χ3n) is 4.99. The van der Waals surface area contributed by atoms with Gasteiger partial charge in [0.05, 0.1) is 12.3 Å². The Kier molecular flexibility index (Phi) is 4.46. The highest BCUT2D eigenvalue weighted by Crippen LogP contribution is 2.32. The van der Waals surface area contributed by atoms with Crippen molar-refractivity contribution in [2.24, 2.45) is 11.8 Å². The van der Waals surface area contributed by atoms with Crippen LogP contribution in [-0.2, 0) is 4.79 Å². The van der Waals surface area contributed by atoms with E-state index in [9.17, 15) is 9.59 Å². The van der Waals surface area contributed by atoms with E-state index in [-0.39, 0.29) is 17.9 Å². The van der Waals surface area contributed by atoms with E-state index in [0.717, 1.165) is 12.1 Å². The van der Waals surface area contributed by atoms with Crippen LogP contribution < -0.4 is 0 Å². The zero-order chi connectivity index (χ0) is 16.6. The lowest BCUT2D eigenvalue weighted by Crippen LogP contribution is -2.48. The Hall–Kier alpha value is -1.78. The lowest BCUT2D eigenvalue weighted by molar-refractivity contribution is -0.133. The summed E-state index contributed by atoms with van der Waals surface area (Å²) in [6.45, 7) is 8.05. The second-order valence-corrected chi connectivity index (χ2v) is 7.23. The molecular weight excluding hydrogens is 292 g/mol. The first-order chi connectivity index (χ1) is 11.0. The Bertz CT molecular complexity index is 589. The van der Waals surface area contributed by atoms with E-state index in [1.165, 1.54) is 12.8 Å². The molecule has 1 aliphatic heterocycles. The van der Waals surface area contributed by atoms with Crippen molar-refractivity contribution in [3.63, 3.8) is 0 Å². The molecule has 126 valence electrons. The molecule has 1 saturated carbocycles. The van der Waals surface area contributed by atoms with E-state index >= 15 is 0 Å². The maximum atomic E-state index is 12.8. The van der Waals surface area contributed by atoms with Crippen molar-refractivity contribution in [3.8, 4) is 0 Å². The molecule has 0 bridgehead atoms. The van der Waals surface area contributed by atoms with Gasteiger partial charge in [0.2, 0.25) is 5.91 Å². The molecule has 0 spiro atoms. The van der Waals surface area contributed by atoms with E-state index in [0.29, 0.717) is 37.1 Å². The molecule has 0 N–H and O–H groups in total. The molecule has 1 saturated heterocycles. The van der Waals surface area contributed by atoms with E-state index < -0.39 is 0 Å². The number of rotatable bonds is 4. The molecule has 23 heavy (non-hydrogen) atoms. The van der Waals surface area contributed by atoms with E-state index in [1.807, 2.05) is 11.8 Å². The number of amides is 2. The molecule has 5 heteroatoms. The minimum atomic E-state index is -0.0979. The van der Waals surface area contributed by atoms with Gasteiger partial charge in [0.1, 0.15) is 0 Å². The molecule has 2 aliphatic rings. The fraction of sp³-hybridized carbons (Fsp3) is 0.667. The van der Waals surface area contributed by atoms with Crippen LogP contribution >= 0.6 is 0 Å². The molecule has 1 aromatic rings. The number of hydrogen-bond acceptors (Lipinski definition) is 3. The Balaban J connectivity index is 1.80. The molecule has 1 aromatic heterocycles. The minimum Gasteiger partial charge on any atom is -0.459 e. The van der Waals surface area contributed by atoms with Gasteiger partial charge >= 0.3 is 0 Å². The molecule has 0 radical (unpaired) electrons. The van der Waals surface area contributed by atoms with Crippen molar-refractivity contribution >= 4 is 11.8 Å². The van der Waals surface area contributed by atoms with Crippen LogP contribution in [0.25, 0.3) is 0 Å². The van der Waals surface area contributed by atoms with Crippen LogP contribution in [0.3, 0.4) is 0 Å². The molecule has 1 atom stereocenters. The first kappa shape index (κ1) is 16.1. The number of hydrogen-bond donors (Lipinski definition) is 0. The average Bonchev–Trinajstić information content (AvgIpc) is 3.25. The fourth-order valence-electron chi connectivity index (χ4n) is 3.28. The number of aryl methyl sites for hydroxylation is 1. The van der Waals surface area contributed by atoms with Gasteiger partial charge in [-0.3, -0.25) is 9.59 Å². The highest BCUT2D eigenvalue weighted by molar-refractivity contribution is 5.93. The van der Waals surface area contributed by atoms with Gasteiger partial charge in [-0.1, -0.05) is 13.8 Å². The van der Waals surface area contributed by atoms with Crippen LogP contribution in [0.4, 0.5) is 0 Å². The van der Waals surface area contributed by atoms with Gasteiger partial charge in [-0.25, -0.2) is 0 Å². The van der Waals surface area contributed by atoms with Gasteiger partial charge in [0.15, 0.2) is 5.76 Å². The van der Waals surface area contributed by atoms with E-state index in [2.05, 4.69) is 13.8 Å². The monoisotopic (exact) mass is 318 g/mol. The van der Waals surface area contributed by atoms with Crippen molar-refractivity contribution in [3.05, 3.63) is 23.7 Å². The average molecular weight is 318 g/mol. The number of furan rings is 1. The van der Waals surface area contributed by atoms with Gasteiger partial charge in [0.25, 0.3) is 5.91 Å². The van der Waals surface area contributed by atoms with Crippen molar-refractivity contribution in [1.29, 1.82) is 0 Å². The van der Waals surface area contributed by atoms with E-state index in [1.54, 1.807) is 17.2 Å². The molecule has 5 nitrogen and oxygen atoms in total. The number of nitrogens with zero attached hydrogens (tertiary/aromatic N) is 2. The Labute approximate surface area is 137 Å². The summed E-state index contributed by atoms with van der Waals surface area (Å²) in [4.78, 5) is 29.2. The fourth-order valence-corrected chi connectivity index (χ4v) is 3.28. The van der Waals surface area contributed by atoms with E-state index in [4.69, 9.17) is 4.42 Å². The summed E-state index contributed by atoms with van der Waals surface area (Å²) >= 11 is 0. The van der Waals surface area contributed by atoms with Gasteiger partial charge in [-0.05, 0) is 37.7 Å². The third kappa shape index (κ3) is 3.43. The van der Waals surface area contributed by atoms with Crippen LogP contribution in [0.5, 0.6) is 0 Å². The largest absolute Gasteiger partial charge is 0.459 e. The minimum absolute atomic E-state index is 0.0878. The highest BCUT2D eigenvalue weighted by Gasteiger charge is 2.37. The van der Waals surface area contributed by atoms with Gasteiger partial charge in [0, 0.05) is 31.6 Å². The van der Waals surface area contributed by atoms with Gasteiger partial charge in [-0.2, -0.15) is 0 Å². The first-order valence-electron chi connectivity index (χ1n) is 8.60. The second-order valence-electron chi connectivity index (χ2n) is 7.23. The van der Waals surface area contributed by atoms with Crippen molar-refractivity contribution < 1.29 is 14.0 Å². The SMILES string of the molecule is Cc1ccoc1C(=O)N1CCC(=O)N(CC2CC2)C(C(C)C)C1. The summed E-state index contributed by atoms with van der Waals surface area (Å²) < 4.78 is 5.35. The topological polar surface area (TPSA) is 53.8 Å². The molecule has 3 rings (SSSR count). The highest BCUT2D eigenvalue weighted by atomic mass is 16.3. The Morgan fingerprint density at radius 1 is 1.39 bits per heavy atom. The van der Waals surface area contributed by atoms with Crippen LogP contribution in [0.2, 0.25) is 0 Å². The van der Waals surface area contributed by atoms with Crippen LogP contribution in [0, 0.1) is 18.8 Å². The molecule has 2 amide bonds. The number of carbonyl (C=O) groups is 2. The normalized spacial score (nSPS) is 22.6. The van der Waals surface area contributed by atoms with Crippen LogP contribution in [0.15, 0.2) is 16.7 Å². The van der Waals surface area contributed by atoms with Crippen molar-refractivity contribution in [2.45, 2.75) is 46.1 Å². The van der Waals surface area contributed by atoms with Gasteiger partial charge < -0.3 is 14.2 Å². The maximum absolute atomic E-state index is 12.8. The Morgan fingerprint density at radius 2 is 2.13 bits per heavy atom. The summed E-state index contributed by atoms with van der Waals surface area (Å²) in [7, 11) is 0. The molecule has 2 heterocycles. The molecule has 0 aromatic carbocycles.